The van der Waals surface area contributed by atoms with E-state index in [9.17, 15) is 5.11 Å². The van der Waals surface area contributed by atoms with E-state index in [1.54, 1.807) is 0 Å². The molecule has 2 aromatic carbocycles. The van der Waals surface area contributed by atoms with Crippen LogP contribution in [0.3, 0.4) is 0 Å². The van der Waals surface area contributed by atoms with Gasteiger partial charge in [-0.15, -0.1) is 0 Å². The van der Waals surface area contributed by atoms with Crippen LogP contribution in [0.2, 0.25) is 0 Å². The maximum atomic E-state index is 10.1. The monoisotopic (exact) mass is 248 g/mol. The van der Waals surface area contributed by atoms with Gasteiger partial charge in [-0.05, 0) is 0 Å². The van der Waals surface area contributed by atoms with Gasteiger partial charge in [-0.25, -0.2) is 0 Å². The minimum absolute atomic E-state index is 0.545. The van der Waals surface area contributed by atoms with Gasteiger partial charge < -0.3 is 0 Å². The molecule has 1 atom stereocenters. The fourth-order valence-electron chi connectivity index (χ4n) is 1.58. The molecule has 80 valence electrons. The van der Waals surface area contributed by atoms with Gasteiger partial charge in [0.1, 0.15) is 0 Å². The second-order valence-electron chi connectivity index (χ2n) is 3.60. The Morgan fingerprint density at radius 2 is 1.44 bits per heavy atom. The molecule has 2 heteroatoms. The molecule has 2 aromatic rings. The summed E-state index contributed by atoms with van der Waals surface area (Å²) in [6.45, 7) is 0. The molecule has 1 nitrogen and oxygen atoms in total. The summed E-state index contributed by atoms with van der Waals surface area (Å²) in [6, 6.07) is 17.5. The summed E-state index contributed by atoms with van der Waals surface area (Å²) in [5.74, 6) is 0. The van der Waals surface area contributed by atoms with E-state index in [-0.39, 0.29) is 0 Å². The average Bonchev–Trinajstić information content (AvgIpc) is 2.39. The number of hydrogen-bond donors (Lipinski definition) is 1. The van der Waals surface area contributed by atoms with Gasteiger partial charge in [0.05, 0.1) is 0 Å². The Bertz CT molecular complexity index is 462. The Labute approximate surface area is 103 Å². The molecule has 0 aliphatic rings. The number of hydrogen-bond acceptors (Lipinski definition) is 1. The first-order valence-corrected chi connectivity index (χ1v) is 5.83. The van der Waals surface area contributed by atoms with Crippen molar-refractivity contribution >= 4 is 4.88 Å². The number of benzene rings is 2. The first kappa shape index (κ1) is 11.3. The van der Waals surface area contributed by atoms with Crippen molar-refractivity contribution < 1.29 is 21.0 Å². The predicted octanol–water partition coefficient (Wildman–Crippen LogP) is 2.47. The molecule has 1 unspecified atom stereocenters. The van der Waals surface area contributed by atoms with E-state index in [4.69, 9.17) is 0 Å². The van der Waals surface area contributed by atoms with Crippen LogP contribution in [-0.2, 0) is 15.9 Å². The Balaban J connectivity index is 2.27. The first-order chi connectivity index (χ1) is 7.81. The van der Waals surface area contributed by atoms with Crippen LogP contribution in [0.25, 0.3) is 0 Å². The van der Waals surface area contributed by atoms with Crippen LogP contribution in [0, 0.1) is 0 Å². The molecule has 0 radical (unpaired) electrons. The summed E-state index contributed by atoms with van der Waals surface area (Å²) in [5.41, 5.74) is 2.95. The van der Waals surface area contributed by atoms with Crippen LogP contribution < -0.4 is 0 Å². The van der Waals surface area contributed by atoms with Crippen LogP contribution in [0.5, 0.6) is 0 Å². The van der Waals surface area contributed by atoms with Crippen LogP contribution >= 0.6 is 0 Å². The molecule has 0 aromatic heterocycles. The minimum atomic E-state index is -0.545. The van der Waals surface area contributed by atoms with Gasteiger partial charge in [0, 0.05) is 0 Å². The van der Waals surface area contributed by atoms with Gasteiger partial charge in [-0.1, -0.05) is 0 Å². The van der Waals surface area contributed by atoms with Crippen LogP contribution in [0.15, 0.2) is 54.6 Å². The second kappa shape index (κ2) is 5.23. The SMILES string of the molecule is OC(c1ccccc1)c1ccc([CH]=[Cr])cc1. The second-order valence-corrected chi connectivity index (χ2v) is 3.97. The van der Waals surface area contributed by atoms with Crippen molar-refractivity contribution in [2.45, 2.75) is 6.10 Å². The summed E-state index contributed by atoms with van der Waals surface area (Å²) in [4.78, 5) is 1.92. The summed E-state index contributed by atoms with van der Waals surface area (Å²) >= 11 is 2.85. The van der Waals surface area contributed by atoms with Crippen molar-refractivity contribution in [3.05, 3.63) is 71.3 Å². The van der Waals surface area contributed by atoms with E-state index >= 15 is 0 Å². The predicted molar refractivity (Wildman–Crippen MR) is 62.1 cm³/mol. The summed E-state index contributed by atoms with van der Waals surface area (Å²) in [7, 11) is 0. The van der Waals surface area contributed by atoms with Gasteiger partial charge >= 0.3 is 103 Å². The quantitative estimate of drug-likeness (QED) is 0.884. The molecule has 0 aliphatic carbocycles. The fourth-order valence-corrected chi connectivity index (χ4v) is 1.83. The van der Waals surface area contributed by atoms with Crippen molar-refractivity contribution in [2.24, 2.45) is 0 Å². The molecule has 1 N–H and O–H groups in total. The molecular weight excluding hydrogens is 236 g/mol. The molecule has 0 saturated carbocycles. The van der Waals surface area contributed by atoms with Crippen molar-refractivity contribution in [3.63, 3.8) is 0 Å². The standard InChI is InChI=1S/C14H12O.Cr/c1-11-7-9-13(10-8-11)14(15)12-5-3-2-4-6-12;/h1-10,14-15H;. The topological polar surface area (TPSA) is 20.2 Å². The van der Waals surface area contributed by atoms with Crippen LogP contribution in [0.4, 0.5) is 0 Å². The molecule has 0 heterocycles. The number of aliphatic hydroxyl groups excluding tert-OH is 1. The van der Waals surface area contributed by atoms with Gasteiger partial charge in [0.15, 0.2) is 0 Å². The van der Waals surface area contributed by atoms with E-state index in [1.807, 2.05) is 59.5 Å². The zero-order valence-electron chi connectivity index (χ0n) is 8.71. The van der Waals surface area contributed by atoms with Crippen LogP contribution in [-0.4, -0.2) is 9.99 Å². The molecule has 0 aliphatic heterocycles. The van der Waals surface area contributed by atoms with E-state index in [0.29, 0.717) is 0 Å². The Morgan fingerprint density at radius 1 is 0.875 bits per heavy atom. The van der Waals surface area contributed by atoms with Crippen molar-refractivity contribution in [3.8, 4) is 0 Å². The number of aliphatic hydroxyl groups is 1. The normalized spacial score (nSPS) is 12.1. The van der Waals surface area contributed by atoms with E-state index in [2.05, 4.69) is 15.9 Å². The molecule has 0 amide bonds. The maximum absolute atomic E-state index is 10.1. The Morgan fingerprint density at radius 3 is 2.00 bits per heavy atom. The molecule has 2 rings (SSSR count). The van der Waals surface area contributed by atoms with E-state index in [0.717, 1.165) is 16.7 Å². The average molecular weight is 248 g/mol. The fraction of sp³-hybridized carbons (Fsp3) is 0.0714. The summed E-state index contributed by atoms with van der Waals surface area (Å²) in [5, 5.41) is 10.1. The van der Waals surface area contributed by atoms with Gasteiger partial charge in [-0.2, -0.15) is 0 Å². The third-order valence-electron chi connectivity index (χ3n) is 2.50. The summed E-state index contributed by atoms with van der Waals surface area (Å²) < 4.78 is 0. The van der Waals surface area contributed by atoms with Gasteiger partial charge in [0.25, 0.3) is 0 Å². The van der Waals surface area contributed by atoms with Crippen molar-refractivity contribution in [2.75, 3.05) is 0 Å². The third-order valence-corrected chi connectivity index (χ3v) is 2.93. The third kappa shape index (κ3) is 2.48. The van der Waals surface area contributed by atoms with E-state index in [1.165, 1.54) is 0 Å². The Kier molecular flexibility index (Phi) is 3.69. The molecule has 0 fully saturated rings. The molecular formula is C14H12CrO. The van der Waals surface area contributed by atoms with E-state index < -0.39 is 6.10 Å². The van der Waals surface area contributed by atoms with Gasteiger partial charge in [0.2, 0.25) is 0 Å². The van der Waals surface area contributed by atoms with Gasteiger partial charge in [-0.3, -0.25) is 0 Å². The molecule has 0 saturated heterocycles. The zero-order chi connectivity index (χ0) is 11.4. The Hall–Kier alpha value is -1.20. The zero-order valence-corrected chi connectivity index (χ0v) is 9.98. The molecule has 0 spiro atoms. The van der Waals surface area contributed by atoms with Crippen molar-refractivity contribution in [1.29, 1.82) is 0 Å². The molecule has 0 bridgehead atoms. The molecule has 16 heavy (non-hydrogen) atoms. The first-order valence-electron chi connectivity index (χ1n) is 5.09. The number of rotatable bonds is 3. The summed E-state index contributed by atoms with van der Waals surface area (Å²) in [6.07, 6.45) is -0.545. The van der Waals surface area contributed by atoms with Crippen molar-refractivity contribution in [1.82, 2.24) is 0 Å². The van der Waals surface area contributed by atoms with Crippen LogP contribution in [0.1, 0.15) is 22.8 Å².